The lowest BCUT2D eigenvalue weighted by atomic mass is 9.90. The first-order valence-electron chi connectivity index (χ1n) is 8.80. The number of anilines is 1. The van der Waals surface area contributed by atoms with Crippen LogP contribution in [0.4, 0.5) is 5.13 Å². The second-order valence-electron chi connectivity index (χ2n) is 7.40. The average Bonchev–Trinajstić information content (AvgIpc) is 3.24. The number of hydrogen-bond donors (Lipinski definition) is 1. The van der Waals surface area contributed by atoms with Crippen molar-refractivity contribution < 1.29 is 14.3 Å². The zero-order valence-electron chi connectivity index (χ0n) is 15.7. The summed E-state index contributed by atoms with van der Waals surface area (Å²) in [5.41, 5.74) is 3.38. The van der Waals surface area contributed by atoms with Crippen LogP contribution < -0.4 is 5.32 Å². The quantitative estimate of drug-likeness (QED) is 0.697. The summed E-state index contributed by atoms with van der Waals surface area (Å²) in [6.07, 6.45) is 0.0967. The highest BCUT2D eigenvalue weighted by atomic mass is 32.1. The fourth-order valence-corrected chi connectivity index (χ4v) is 4.41. The molecular formula is C20H21N3O3S. The van der Waals surface area contributed by atoms with E-state index in [1.54, 1.807) is 13.8 Å². The highest BCUT2D eigenvalue weighted by Crippen LogP contribution is 2.37. The lowest BCUT2D eigenvalue weighted by Crippen LogP contribution is -2.36. The fraction of sp³-hybridized carbons (Fsp3) is 0.350. The van der Waals surface area contributed by atoms with Crippen LogP contribution >= 0.6 is 11.3 Å². The lowest BCUT2D eigenvalue weighted by Gasteiger charge is -2.23. The molecule has 0 spiro atoms. The van der Waals surface area contributed by atoms with Gasteiger partial charge in [-0.05, 0) is 26.8 Å². The molecule has 0 saturated carbocycles. The van der Waals surface area contributed by atoms with Crippen molar-refractivity contribution >= 4 is 39.2 Å². The van der Waals surface area contributed by atoms with Crippen molar-refractivity contribution in [2.75, 3.05) is 5.32 Å². The number of thiazole rings is 1. The van der Waals surface area contributed by atoms with Gasteiger partial charge in [-0.15, -0.1) is 11.3 Å². The zero-order chi connectivity index (χ0) is 19.3. The van der Waals surface area contributed by atoms with Crippen molar-refractivity contribution in [2.24, 2.45) is 13.0 Å². The van der Waals surface area contributed by atoms with E-state index in [1.165, 1.54) is 11.3 Å². The molecule has 1 fully saturated rings. The van der Waals surface area contributed by atoms with Crippen LogP contribution in [0.1, 0.15) is 26.0 Å². The normalized spacial score (nSPS) is 18.7. The molecule has 1 unspecified atom stereocenters. The Balaban J connectivity index is 1.63. The van der Waals surface area contributed by atoms with E-state index in [1.807, 2.05) is 24.6 Å². The standard InChI is InChI=1S/C20H21N3O3S/c1-11-17(12-7-5-6-8-15(12)23(11)4)14-10-27-19(21-14)22-18(25)13-9-16(24)26-20(13,2)3/h5-8,10,13H,9H2,1-4H3,(H,21,22,25). The van der Waals surface area contributed by atoms with Gasteiger partial charge < -0.3 is 14.6 Å². The first-order chi connectivity index (χ1) is 12.8. The van der Waals surface area contributed by atoms with E-state index < -0.39 is 11.5 Å². The van der Waals surface area contributed by atoms with Crippen molar-refractivity contribution in [3.8, 4) is 11.3 Å². The van der Waals surface area contributed by atoms with E-state index in [2.05, 4.69) is 33.9 Å². The Bertz CT molecular complexity index is 1060. The monoisotopic (exact) mass is 383 g/mol. The Hall–Kier alpha value is -2.67. The molecule has 6 nitrogen and oxygen atoms in total. The second-order valence-corrected chi connectivity index (χ2v) is 8.26. The SMILES string of the molecule is Cc1c(-c2csc(NC(=O)C3CC(=O)OC3(C)C)n2)c2ccccc2n1C. The number of ether oxygens (including phenoxy) is 1. The lowest BCUT2D eigenvalue weighted by molar-refractivity contribution is -0.147. The minimum atomic E-state index is -0.798. The third kappa shape index (κ3) is 2.92. The van der Waals surface area contributed by atoms with E-state index >= 15 is 0 Å². The maximum Gasteiger partial charge on any atom is 0.307 e. The van der Waals surface area contributed by atoms with Crippen LogP contribution in [-0.2, 0) is 21.4 Å². The molecule has 1 aliphatic heterocycles. The number of carbonyl (C=O) groups is 2. The number of cyclic esters (lactones) is 1. The molecular weight excluding hydrogens is 362 g/mol. The number of nitrogens with one attached hydrogen (secondary N) is 1. The number of fused-ring (bicyclic) bond motifs is 1. The molecule has 7 heteroatoms. The molecule has 2 aromatic heterocycles. The summed E-state index contributed by atoms with van der Waals surface area (Å²) in [5.74, 6) is -1.09. The molecule has 1 atom stereocenters. The number of esters is 1. The summed E-state index contributed by atoms with van der Waals surface area (Å²) in [6, 6.07) is 8.20. The Morgan fingerprint density at radius 3 is 2.81 bits per heavy atom. The number of aromatic nitrogens is 2. The molecule has 0 radical (unpaired) electrons. The van der Waals surface area contributed by atoms with Gasteiger partial charge in [-0.25, -0.2) is 4.98 Å². The number of benzene rings is 1. The number of aryl methyl sites for hydroxylation is 1. The number of nitrogens with zero attached hydrogens (tertiary/aromatic N) is 2. The Morgan fingerprint density at radius 1 is 1.37 bits per heavy atom. The minimum absolute atomic E-state index is 0.0967. The van der Waals surface area contributed by atoms with E-state index in [-0.39, 0.29) is 18.3 Å². The van der Waals surface area contributed by atoms with Gasteiger partial charge in [0, 0.05) is 34.6 Å². The van der Waals surface area contributed by atoms with Gasteiger partial charge in [-0.3, -0.25) is 9.59 Å². The molecule has 0 bridgehead atoms. The number of amides is 1. The van der Waals surface area contributed by atoms with Crippen molar-refractivity contribution in [3.63, 3.8) is 0 Å². The molecule has 1 aromatic carbocycles. The maximum absolute atomic E-state index is 12.6. The Labute approximate surface area is 161 Å². The van der Waals surface area contributed by atoms with Crippen LogP contribution in [-0.4, -0.2) is 27.0 Å². The van der Waals surface area contributed by atoms with Crippen LogP contribution in [0, 0.1) is 12.8 Å². The fourth-order valence-electron chi connectivity index (χ4n) is 3.71. The summed E-state index contributed by atoms with van der Waals surface area (Å²) in [6.45, 7) is 5.58. The maximum atomic E-state index is 12.6. The van der Waals surface area contributed by atoms with Gasteiger partial charge in [0.15, 0.2) is 5.13 Å². The predicted octanol–water partition coefficient (Wildman–Crippen LogP) is 3.89. The molecule has 3 heterocycles. The van der Waals surface area contributed by atoms with Crippen LogP contribution in [0.2, 0.25) is 0 Å². The van der Waals surface area contributed by atoms with Crippen molar-refractivity contribution in [2.45, 2.75) is 32.8 Å². The topological polar surface area (TPSA) is 73.2 Å². The number of para-hydroxylation sites is 1. The molecule has 3 aromatic rings. The molecule has 27 heavy (non-hydrogen) atoms. The van der Waals surface area contributed by atoms with Crippen molar-refractivity contribution in [1.29, 1.82) is 0 Å². The van der Waals surface area contributed by atoms with Gasteiger partial charge in [-0.1, -0.05) is 18.2 Å². The highest BCUT2D eigenvalue weighted by Gasteiger charge is 2.46. The average molecular weight is 383 g/mol. The second kappa shape index (κ2) is 6.20. The van der Waals surface area contributed by atoms with E-state index in [9.17, 15) is 9.59 Å². The third-order valence-electron chi connectivity index (χ3n) is 5.29. The van der Waals surface area contributed by atoms with Gasteiger partial charge in [0.25, 0.3) is 0 Å². The summed E-state index contributed by atoms with van der Waals surface area (Å²) in [5, 5.41) is 6.47. The summed E-state index contributed by atoms with van der Waals surface area (Å²) in [4.78, 5) is 28.8. The summed E-state index contributed by atoms with van der Waals surface area (Å²) < 4.78 is 7.39. The molecule has 0 aliphatic carbocycles. The van der Waals surface area contributed by atoms with E-state index in [4.69, 9.17) is 4.74 Å². The summed E-state index contributed by atoms with van der Waals surface area (Å²) in [7, 11) is 2.04. The largest absolute Gasteiger partial charge is 0.459 e. The smallest absolute Gasteiger partial charge is 0.307 e. The van der Waals surface area contributed by atoms with Crippen LogP contribution in [0.25, 0.3) is 22.2 Å². The van der Waals surface area contributed by atoms with Gasteiger partial charge in [0.05, 0.1) is 18.0 Å². The van der Waals surface area contributed by atoms with Gasteiger partial charge in [-0.2, -0.15) is 0 Å². The van der Waals surface area contributed by atoms with Crippen molar-refractivity contribution in [1.82, 2.24) is 9.55 Å². The molecule has 1 aliphatic rings. The van der Waals surface area contributed by atoms with E-state index in [0.29, 0.717) is 5.13 Å². The van der Waals surface area contributed by atoms with Crippen LogP contribution in [0.5, 0.6) is 0 Å². The van der Waals surface area contributed by atoms with E-state index in [0.717, 1.165) is 27.9 Å². The third-order valence-corrected chi connectivity index (χ3v) is 6.05. The number of rotatable bonds is 3. The van der Waals surface area contributed by atoms with Gasteiger partial charge in [0.2, 0.25) is 5.91 Å². The molecule has 1 saturated heterocycles. The minimum Gasteiger partial charge on any atom is -0.459 e. The number of carbonyl (C=O) groups excluding carboxylic acids is 2. The van der Waals surface area contributed by atoms with Crippen molar-refractivity contribution in [3.05, 3.63) is 35.3 Å². The van der Waals surface area contributed by atoms with Gasteiger partial charge >= 0.3 is 5.97 Å². The van der Waals surface area contributed by atoms with Crippen LogP contribution in [0.3, 0.4) is 0 Å². The van der Waals surface area contributed by atoms with Crippen LogP contribution in [0.15, 0.2) is 29.6 Å². The highest BCUT2D eigenvalue weighted by molar-refractivity contribution is 7.14. The van der Waals surface area contributed by atoms with Gasteiger partial charge in [0.1, 0.15) is 5.60 Å². The Morgan fingerprint density at radius 2 is 2.11 bits per heavy atom. The first-order valence-corrected chi connectivity index (χ1v) is 9.68. The molecule has 1 N–H and O–H groups in total. The Kier molecular flexibility index (Phi) is 4.07. The zero-order valence-corrected chi connectivity index (χ0v) is 16.5. The molecule has 1 amide bonds. The molecule has 4 rings (SSSR count). The molecule has 140 valence electrons. The first kappa shape index (κ1) is 17.7. The predicted molar refractivity (Wildman–Crippen MR) is 106 cm³/mol. The number of hydrogen-bond acceptors (Lipinski definition) is 5. The summed E-state index contributed by atoms with van der Waals surface area (Å²) >= 11 is 1.38.